The topological polar surface area (TPSA) is 52.6 Å². The van der Waals surface area contributed by atoms with Gasteiger partial charge in [0.15, 0.2) is 6.29 Å². The average Bonchev–Trinajstić information content (AvgIpc) is 2.95. The molecule has 5 rings (SSSR count). The monoisotopic (exact) mass is 618 g/mol. The molecule has 0 aliphatic heterocycles. The van der Waals surface area contributed by atoms with E-state index in [1.54, 1.807) is 7.11 Å². The number of methoxy groups -OCH3 is 1. The van der Waals surface area contributed by atoms with Crippen LogP contribution >= 0.6 is 0 Å². The lowest BCUT2D eigenvalue weighted by molar-refractivity contribution is -0.152. The minimum absolute atomic E-state index is 0.221. The van der Waals surface area contributed by atoms with Gasteiger partial charge in [-0.2, -0.15) is 0 Å². The van der Waals surface area contributed by atoms with Crippen molar-refractivity contribution in [3.05, 3.63) is 47.1 Å². The van der Waals surface area contributed by atoms with Gasteiger partial charge in [0.25, 0.3) is 0 Å². The van der Waals surface area contributed by atoms with Crippen LogP contribution in [0.4, 0.5) is 0 Å². The Labute approximate surface area is 274 Å². The molecule has 2 unspecified atom stereocenters. The van der Waals surface area contributed by atoms with Crippen molar-refractivity contribution in [3.63, 3.8) is 0 Å². The number of allylic oxidation sites excluding steroid dienone is 3. The quantitative estimate of drug-likeness (QED) is 0.100. The Morgan fingerprint density at radius 3 is 1.96 bits per heavy atom. The molecular weight excluding hydrogens is 556 g/mol. The molecule has 5 aliphatic carbocycles. The van der Waals surface area contributed by atoms with Crippen LogP contribution in [0.5, 0.6) is 0 Å². The molecule has 8 atom stereocenters. The van der Waals surface area contributed by atoms with Crippen LogP contribution in [-0.4, -0.2) is 32.1 Å². The van der Waals surface area contributed by atoms with Gasteiger partial charge in [-0.3, -0.25) is 9.59 Å². The van der Waals surface area contributed by atoms with Crippen LogP contribution in [0.3, 0.4) is 0 Å². The molecule has 4 saturated carbocycles. The van der Waals surface area contributed by atoms with Crippen LogP contribution in [0.25, 0.3) is 0 Å². The summed E-state index contributed by atoms with van der Waals surface area (Å²) in [6, 6.07) is 0. The molecule has 250 valence electrons. The summed E-state index contributed by atoms with van der Waals surface area (Å²) < 4.78 is 12.1. The maximum absolute atomic E-state index is 12.4. The first-order chi connectivity index (χ1) is 21.2. The standard InChI is InChI=1S/C41H62O4/c1-27-12-16-35-38(3,4)18-10-20-40(35,7)32(27)15-14-29(25-42)22-37(44-9)45-34-24-30(31(34)26-43)23-33-28(2)13-17-36-39(5,6)19-11-21-41(33,36)8/h14,25-26,32-37H,1-2,10-13,15-24H2,3-9H3/b29-14+/t32-,33-,34?,35-,36-,37?,40+,41+/m0/s1. The van der Waals surface area contributed by atoms with Crippen molar-refractivity contribution in [2.24, 2.45) is 45.3 Å². The second-order valence-corrected chi connectivity index (χ2v) is 17.5. The van der Waals surface area contributed by atoms with Crippen molar-refractivity contribution in [1.29, 1.82) is 0 Å². The number of aldehydes is 2. The molecule has 0 bridgehead atoms. The molecule has 0 radical (unpaired) electrons. The van der Waals surface area contributed by atoms with Crippen molar-refractivity contribution >= 4 is 12.6 Å². The van der Waals surface area contributed by atoms with Crippen molar-refractivity contribution < 1.29 is 19.1 Å². The van der Waals surface area contributed by atoms with E-state index in [1.165, 1.54) is 68.1 Å². The van der Waals surface area contributed by atoms with Gasteiger partial charge in [-0.15, -0.1) is 0 Å². The Morgan fingerprint density at radius 1 is 0.867 bits per heavy atom. The molecule has 0 heterocycles. The van der Waals surface area contributed by atoms with Crippen LogP contribution in [-0.2, 0) is 19.1 Å². The van der Waals surface area contributed by atoms with Gasteiger partial charge in [-0.05, 0) is 122 Å². The van der Waals surface area contributed by atoms with Crippen LogP contribution in [0.15, 0.2) is 47.1 Å². The lowest BCUT2D eigenvalue weighted by Gasteiger charge is -2.58. The van der Waals surface area contributed by atoms with Gasteiger partial charge in [0.1, 0.15) is 12.6 Å². The molecule has 45 heavy (non-hydrogen) atoms. The first-order valence-electron chi connectivity index (χ1n) is 18.0. The fourth-order valence-electron chi connectivity index (χ4n) is 11.6. The molecule has 0 spiro atoms. The SMILES string of the molecule is C=C1CC[C@H]2C(C)(C)CCC[C@]2(C)[C@H]1C/C=C(/C=O)CC(OC)OC1CC(C[C@H]2C(=C)CC[C@H]3C(C)(C)CCC[C@]23C)=C1C=O. The maximum Gasteiger partial charge on any atom is 0.162 e. The molecule has 4 nitrogen and oxygen atoms in total. The van der Waals surface area contributed by atoms with E-state index in [4.69, 9.17) is 9.47 Å². The van der Waals surface area contributed by atoms with Crippen LogP contribution < -0.4 is 0 Å². The maximum atomic E-state index is 12.4. The Morgan fingerprint density at radius 2 is 1.42 bits per heavy atom. The molecular formula is C41H62O4. The lowest BCUT2D eigenvalue weighted by Crippen LogP contribution is -2.50. The number of rotatable bonds is 11. The molecule has 0 N–H and O–H groups in total. The normalized spacial score (nSPS) is 38.6. The Hall–Kier alpha value is -1.78. The molecule has 5 aliphatic rings. The van der Waals surface area contributed by atoms with Crippen molar-refractivity contribution in [2.45, 2.75) is 144 Å². The Balaban J connectivity index is 1.24. The van der Waals surface area contributed by atoms with E-state index in [1.807, 2.05) is 0 Å². The minimum Gasteiger partial charge on any atom is -0.356 e. The van der Waals surface area contributed by atoms with Crippen molar-refractivity contribution in [2.75, 3.05) is 7.11 Å². The van der Waals surface area contributed by atoms with Crippen LogP contribution in [0.1, 0.15) is 131 Å². The third-order valence-corrected chi connectivity index (χ3v) is 14.2. The highest BCUT2D eigenvalue weighted by atomic mass is 16.7. The second-order valence-electron chi connectivity index (χ2n) is 17.5. The summed E-state index contributed by atoms with van der Waals surface area (Å²) in [6.07, 6.45) is 18.4. The summed E-state index contributed by atoms with van der Waals surface area (Å²) >= 11 is 0. The Bertz CT molecular complexity index is 1230. The summed E-state index contributed by atoms with van der Waals surface area (Å²) in [6.45, 7) is 23.8. The number of fused-ring (bicyclic) bond motifs is 2. The highest BCUT2D eigenvalue weighted by molar-refractivity contribution is 5.79. The number of hydrogen-bond donors (Lipinski definition) is 0. The van der Waals surface area contributed by atoms with Gasteiger partial charge in [0, 0.05) is 19.1 Å². The summed E-state index contributed by atoms with van der Waals surface area (Å²) in [7, 11) is 1.63. The zero-order chi connectivity index (χ0) is 32.8. The van der Waals surface area contributed by atoms with Crippen LogP contribution in [0, 0.1) is 45.3 Å². The predicted molar refractivity (Wildman–Crippen MR) is 184 cm³/mol. The molecule has 0 aromatic carbocycles. The molecule has 0 saturated heterocycles. The number of carbonyl (C=O) groups excluding carboxylic acids is 2. The molecule has 0 aromatic heterocycles. The average molecular weight is 619 g/mol. The van der Waals surface area contributed by atoms with Gasteiger partial charge >= 0.3 is 0 Å². The first kappa shape index (κ1) is 34.6. The fraction of sp³-hybridized carbons (Fsp3) is 0.756. The summed E-state index contributed by atoms with van der Waals surface area (Å²) in [4.78, 5) is 24.7. The van der Waals surface area contributed by atoms with E-state index < -0.39 is 6.29 Å². The Kier molecular flexibility index (Phi) is 10.00. The van der Waals surface area contributed by atoms with Gasteiger partial charge in [0.2, 0.25) is 0 Å². The number of hydrogen-bond acceptors (Lipinski definition) is 4. The third kappa shape index (κ3) is 6.41. The summed E-state index contributed by atoms with van der Waals surface area (Å²) in [5, 5.41) is 0. The molecule has 0 amide bonds. The van der Waals surface area contributed by atoms with E-state index in [0.29, 0.717) is 46.5 Å². The van der Waals surface area contributed by atoms with Gasteiger partial charge in [-0.1, -0.05) is 90.3 Å². The summed E-state index contributed by atoms with van der Waals surface area (Å²) in [5.74, 6) is 2.17. The van der Waals surface area contributed by atoms with E-state index in [9.17, 15) is 9.59 Å². The number of ether oxygens (including phenoxy) is 2. The zero-order valence-corrected chi connectivity index (χ0v) is 29.6. The first-order valence-corrected chi connectivity index (χ1v) is 18.0. The molecule has 4 heteroatoms. The zero-order valence-electron chi connectivity index (χ0n) is 29.6. The summed E-state index contributed by atoms with van der Waals surface area (Å²) in [5.41, 5.74) is 6.57. The van der Waals surface area contributed by atoms with E-state index in [-0.39, 0.29) is 16.9 Å². The van der Waals surface area contributed by atoms with E-state index >= 15 is 0 Å². The van der Waals surface area contributed by atoms with Gasteiger partial charge < -0.3 is 9.47 Å². The van der Waals surface area contributed by atoms with E-state index in [2.05, 4.69) is 60.8 Å². The van der Waals surface area contributed by atoms with Crippen molar-refractivity contribution in [3.8, 4) is 0 Å². The fourth-order valence-corrected chi connectivity index (χ4v) is 11.6. The molecule has 4 fully saturated rings. The highest BCUT2D eigenvalue weighted by Gasteiger charge is 2.54. The van der Waals surface area contributed by atoms with Crippen LogP contribution in [0.2, 0.25) is 0 Å². The minimum atomic E-state index is -0.569. The number of carbonyl (C=O) groups is 2. The second kappa shape index (κ2) is 13.0. The van der Waals surface area contributed by atoms with Gasteiger partial charge in [-0.25, -0.2) is 0 Å². The predicted octanol–water partition coefficient (Wildman–Crippen LogP) is 10.1. The largest absolute Gasteiger partial charge is 0.356 e. The lowest BCUT2D eigenvalue weighted by atomic mass is 9.46. The van der Waals surface area contributed by atoms with Crippen molar-refractivity contribution in [1.82, 2.24) is 0 Å². The third-order valence-electron chi connectivity index (χ3n) is 14.2. The van der Waals surface area contributed by atoms with E-state index in [0.717, 1.165) is 50.2 Å². The molecule has 0 aromatic rings. The smallest absolute Gasteiger partial charge is 0.162 e. The van der Waals surface area contributed by atoms with Gasteiger partial charge in [0.05, 0.1) is 6.10 Å². The highest BCUT2D eigenvalue weighted by Crippen LogP contribution is 2.63.